The average Bonchev–Trinajstić information content (AvgIpc) is 3.06. The minimum Gasteiger partial charge on any atom is -0.493 e. The van der Waals surface area contributed by atoms with Gasteiger partial charge >= 0.3 is 0 Å². The van der Waals surface area contributed by atoms with Crippen molar-refractivity contribution in [2.45, 2.75) is 82.7 Å². The number of methoxy groups -OCH3 is 4. The van der Waals surface area contributed by atoms with Gasteiger partial charge in [0.25, 0.3) is 0 Å². The van der Waals surface area contributed by atoms with Gasteiger partial charge in [0.05, 0.1) is 34.5 Å². The molecule has 0 saturated carbocycles. The Hall–Kier alpha value is -2.13. The van der Waals surface area contributed by atoms with Gasteiger partial charge in [-0.05, 0) is 90.5 Å². The average molecular weight is 627 g/mol. The van der Waals surface area contributed by atoms with E-state index < -0.39 is 0 Å². The molecule has 0 bridgehead atoms. The smallest absolute Gasteiger partial charge is 0.161 e. The van der Waals surface area contributed by atoms with Crippen molar-refractivity contribution < 1.29 is 24.1 Å². The lowest BCUT2D eigenvalue weighted by atomic mass is 9.72. The molecule has 1 fully saturated rings. The predicted octanol–water partition coefficient (Wildman–Crippen LogP) is 6.55. The number of hydrogen-bond donors (Lipinski definition) is 1. The maximum atomic E-state index is 11.2. The number of hydrogen-bond acceptors (Lipinski definition) is 8. The first-order valence-corrected chi connectivity index (χ1v) is 17.7. The van der Waals surface area contributed by atoms with E-state index in [0.717, 1.165) is 80.5 Å². The van der Waals surface area contributed by atoms with Crippen molar-refractivity contribution in [1.29, 1.82) is 0 Å². The predicted molar refractivity (Wildman–Crippen MR) is 180 cm³/mol. The number of nitrogens with zero attached hydrogens (tertiary/aromatic N) is 2. The lowest BCUT2D eigenvalue weighted by Gasteiger charge is -2.49. The lowest BCUT2D eigenvalue weighted by Crippen LogP contribution is -2.47. The maximum Gasteiger partial charge on any atom is 0.161 e. The standard InChI is InChI=1S/C36H54N2O5S/c1-8-23(3)44-22-28(39)21-38-13-11-26-17-34(41-5)36(43-7)19-30(26)32(38)15-27-14-31-29-18-35(42-6)33(40-4)16-25(29)10-12-37(31)20-24(27)9-2/h16-19,23-24,27-28,31-32,39H,8-15,20-22H2,1-7H3. The molecule has 8 heteroatoms. The van der Waals surface area contributed by atoms with Gasteiger partial charge in [-0.1, -0.05) is 27.2 Å². The first kappa shape index (κ1) is 33.2. The number of β-amino-alcohol motifs (C(OH)–C–C–N with tert-alkyl or cyclic N) is 1. The lowest BCUT2D eigenvalue weighted by molar-refractivity contribution is 0.0233. The van der Waals surface area contributed by atoms with Crippen LogP contribution in [0.1, 0.15) is 80.8 Å². The van der Waals surface area contributed by atoms with E-state index in [9.17, 15) is 5.11 Å². The second kappa shape index (κ2) is 15.0. The van der Waals surface area contributed by atoms with Crippen molar-refractivity contribution >= 4 is 11.8 Å². The third kappa shape index (κ3) is 6.98. The van der Waals surface area contributed by atoms with Gasteiger partial charge in [-0.2, -0.15) is 11.8 Å². The van der Waals surface area contributed by atoms with Gasteiger partial charge < -0.3 is 24.1 Å². The summed E-state index contributed by atoms with van der Waals surface area (Å²) in [5, 5.41) is 11.8. The van der Waals surface area contributed by atoms with Crippen LogP contribution in [0.5, 0.6) is 23.0 Å². The summed E-state index contributed by atoms with van der Waals surface area (Å²) >= 11 is 1.88. The summed E-state index contributed by atoms with van der Waals surface area (Å²) in [7, 11) is 6.90. The number of ether oxygens (including phenoxy) is 4. The zero-order valence-corrected chi connectivity index (χ0v) is 28.8. The Morgan fingerprint density at radius 1 is 0.841 bits per heavy atom. The van der Waals surface area contributed by atoms with Crippen LogP contribution in [0.2, 0.25) is 0 Å². The Morgan fingerprint density at radius 3 is 2.05 bits per heavy atom. The first-order valence-electron chi connectivity index (χ1n) is 16.6. The number of rotatable bonds is 13. The van der Waals surface area contributed by atoms with E-state index in [-0.39, 0.29) is 12.1 Å². The van der Waals surface area contributed by atoms with Crippen molar-refractivity contribution in [3.8, 4) is 23.0 Å². The summed E-state index contributed by atoms with van der Waals surface area (Å²) in [4.78, 5) is 5.28. The molecular weight excluding hydrogens is 572 g/mol. The van der Waals surface area contributed by atoms with E-state index >= 15 is 0 Å². The normalized spacial score (nSPS) is 24.9. The van der Waals surface area contributed by atoms with Crippen LogP contribution in [-0.4, -0.2) is 86.6 Å². The molecule has 44 heavy (non-hydrogen) atoms. The van der Waals surface area contributed by atoms with E-state index in [1.54, 1.807) is 28.4 Å². The Labute approximate surface area is 269 Å². The Bertz CT molecular complexity index is 1260. The highest BCUT2D eigenvalue weighted by Gasteiger charge is 2.41. The molecule has 5 rings (SSSR count). The van der Waals surface area contributed by atoms with Crippen LogP contribution in [0.25, 0.3) is 0 Å². The van der Waals surface area contributed by atoms with Gasteiger partial charge in [-0.15, -0.1) is 0 Å². The van der Waals surface area contributed by atoms with Gasteiger partial charge in [0.1, 0.15) is 0 Å². The second-order valence-corrected chi connectivity index (χ2v) is 14.4. The summed E-state index contributed by atoms with van der Waals surface area (Å²) in [6, 6.07) is 9.44. The molecule has 0 radical (unpaired) electrons. The molecule has 2 aromatic rings. The van der Waals surface area contributed by atoms with Crippen molar-refractivity contribution in [2.24, 2.45) is 11.8 Å². The topological polar surface area (TPSA) is 63.6 Å². The van der Waals surface area contributed by atoms with Gasteiger partial charge in [0.2, 0.25) is 0 Å². The summed E-state index contributed by atoms with van der Waals surface area (Å²) in [5.41, 5.74) is 5.47. The largest absolute Gasteiger partial charge is 0.493 e. The van der Waals surface area contributed by atoms with E-state index in [1.807, 2.05) is 11.8 Å². The zero-order valence-electron chi connectivity index (χ0n) is 27.9. The summed E-state index contributed by atoms with van der Waals surface area (Å²) < 4.78 is 22.9. The zero-order chi connectivity index (χ0) is 31.4. The molecule has 0 spiro atoms. The molecular formula is C36H54N2O5S. The maximum absolute atomic E-state index is 11.2. The van der Waals surface area contributed by atoms with Crippen LogP contribution in [0.3, 0.4) is 0 Å². The van der Waals surface area contributed by atoms with Crippen LogP contribution >= 0.6 is 11.8 Å². The van der Waals surface area contributed by atoms with E-state index in [1.165, 1.54) is 28.7 Å². The Kier molecular flexibility index (Phi) is 11.3. The Balaban J connectivity index is 1.45. The molecule has 6 atom stereocenters. The number of piperidine rings is 1. The molecule has 244 valence electrons. The first-order chi connectivity index (χ1) is 21.3. The van der Waals surface area contributed by atoms with Crippen molar-refractivity contribution in [2.75, 3.05) is 60.4 Å². The number of aliphatic hydroxyl groups excluding tert-OH is 1. The third-order valence-corrected chi connectivity index (χ3v) is 12.0. The van der Waals surface area contributed by atoms with Crippen LogP contribution in [0.15, 0.2) is 24.3 Å². The fourth-order valence-corrected chi connectivity index (χ4v) is 8.73. The minimum absolute atomic E-state index is 0.223. The molecule has 0 aliphatic carbocycles. The van der Waals surface area contributed by atoms with Gasteiger partial charge in [-0.3, -0.25) is 9.80 Å². The van der Waals surface area contributed by atoms with E-state index in [4.69, 9.17) is 18.9 Å². The van der Waals surface area contributed by atoms with E-state index in [2.05, 4.69) is 54.8 Å². The van der Waals surface area contributed by atoms with Crippen molar-refractivity contribution in [3.63, 3.8) is 0 Å². The molecule has 3 aliphatic heterocycles. The summed E-state index contributed by atoms with van der Waals surface area (Å²) in [6.45, 7) is 10.7. The number of benzene rings is 2. The van der Waals surface area contributed by atoms with Gasteiger partial charge in [0, 0.05) is 49.3 Å². The highest BCUT2D eigenvalue weighted by molar-refractivity contribution is 7.99. The number of aliphatic hydroxyl groups is 1. The number of fused-ring (bicyclic) bond motifs is 4. The molecule has 2 aromatic carbocycles. The minimum atomic E-state index is -0.352. The van der Waals surface area contributed by atoms with Crippen LogP contribution < -0.4 is 18.9 Å². The Morgan fingerprint density at radius 2 is 1.43 bits per heavy atom. The summed E-state index contributed by atoms with van der Waals surface area (Å²) in [6.07, 6.45) is 6.13. The molecule has 3 heterocycles. The van der Waals surface area contributed by atoms with Crippen LogP contribution in [0, 0.1) is 11.8 Å². The fourth-order valence-electron chi connectivity index (χ4n) is 7.83. The van der Waals surface area contributed by atoms with Crippen molar-refractivity contribution in [1.82, 2.24) is 9.80 Å². The highest BCUT2D eigenvalue weighted by atomic mass is 32.2. The molecule has 1 saturated heterocycles. The molecule has 3 aliphatic rings. The monoisotopic (exact) mass is 626 g/mol. The van der Waals surface area contributed by atoms with E-state index in [0.29, 0.717) is 29.7 Å². The van der Waals surface area contributed by atoms with Crippen LogP contribution in [0.4, 0.5) is 0 Å². The molecule has 0 aromatic heterocycles. The molecule has 6 unspecified atom stereocenters. The molecule has 7 nitrogen and oxygen atoms in total. The SMILES string of the molecule is CCC(C)SCC(O)CN1CCc2cc(OC)c(OC)cc2C1CC1CC2c3cc(OC)c(OC)cc3CCN2CC1CC. The highest BCUT2D eigenvalue weighted by Crippen LogP contribution is 2.49. The van der Waals surface area contributed by atoms with Gasteiger partial charge in [-0.25, -0.2) is 0 Å². The van der Waals surface area contributed by atoms with Crippen LogP contribution in [-0.2, 0) is 12.8 Å². The third-order valence-electron chi connectivity index (χ3n) is 10.5. The van der Waals surface area contributed by atoms with Crippen molar-refractivity contribution in [3.05, 3.63) is 46.5 Å². The van der Waals surface area contributed by atoms with Gasteiger partial charge in [0.15, 0.2) is 23.0 Å². The summed E-state index contributed by atoms with van der Waals surface area (Å²) in [5.74, 6) is 5.19. The molecule has 1 N–H and O–H groups in total. The molecule has 0 amide bonds. The number of thioether (sulfide) groups is 1. The quantitative estimate of drug-likeness (QED) is 0.269. The fraction of sp³-hybridized carbons (Fsp3) is 0.667. The second-order valence-electron chi connectivity index (χ2n) is 12.9.